The van der Waals surface area contributed by atoms with Crippen LogP contribution >= 0.6 is 0 Å². The van der Waals surface area contributed by atoms with Gasteiger partial charge in [-0.15, -0.1) is 5.10 Å². The van der Waals surface area contributed by atoms with Gasteiger partial charge in [-0.1, -0.05) is 146 Å². The van der Waals surface area contributed by atoms with E-state index in [0.717, 1.165) is 38.9 Å². The Hall–Kier alpha value is -7.07. The summed E-state index contributed by atoms with van der Waals surface area (Å²) in [7, 11) is 0. The van der Waals surface area contributed by atoms with Crippen molar-refractivity contribution in [1.82, 2.24) is 20.2 Å². The first kappa shape index (κ1) is 36.3. The van der Waals surface area contributed by atoms with Crippen LogP contribution in [0.15, 0.2) is 158 Å². The third-order valence-electron chi connectivity index (χ3n) is 9.32. The van der Waals surface area contributed by atoms with Crippen LogP contribution < -0.4 is 10.6 Å². The molecule has 0 spiro atoms. The van der Waals surface area contributed by atoms with Gasteiger partial charge in [0.2, 0.25) is 0 Å². The highest BCUT2D eigenvalue weighted by molar-refractivity contribution is 6.03. The third-order valence-corrected chi connectivity index (χ3v) is 9.32. The van der Waals surface area contributed by atoms with Crippen molar-refractivity contribution in [3.8, 4) is 22.5 Å². The monoisotopic (exact) mass is 728 g/mol. The average molecular weight is 729 g/mol. The van der Waals surface area contributed by atoms with Gasteiger partial charge < -0.3 is 15.6 Å². The summed E-state index contributed by atoms with van der Waals surface area (Å²) in [6.07, 6.45) is -0.715. The number of nitrogens with two attached hydrogens (primary N) is 1. The first-order valence-corrected chi connectivity index (χ1v) is 17.8. The van der Waals surface area contributed by atoms with Crippen LogP contribution in [0.3, 0.4) is 0 Å². The van der Waals surface area contributed by atoms with Gasteiger partial charge >= 0.3 is 12.1 Å². The molecule has 1 heterocycles. The zero-order valence-electron chi connectivity index (χ0n) is 30.7. The lowest BCUT2D eigenvalue weighted by Crippen LogP contribution is -2.39. The largest absolute Gasteiger partial charge is 0.478 e. The molecule has 0 aliphatic carbocycles. The van der Waals surface area contributed by atoms with Crippen LogP contribution in [0.4, 0.5) is 16.2 Å². The van der Waals surface area contributed by atoms with Gasteiger partial charge in [0, 0.05) is 5.56 Å². The van der Waals surface area contributed by atoms with Crippen molar-refractivity contribution in [2.45, 2.75) is 38.5 Å². The molecule has 0 atom stereocenters. The molecule has 10 heteroatoms. The van der Waals surface area contributed by atoms with Gasteiger partial charge in [0.05, 0.1) is 23.5 Å². The van der Waals surface area contributed by atoms with E-state index in [1.807, 2.05) is 108 Å². The van der Waals surface area contributed by atoms with Gasteiger partial charge in [-0.05, 0) is 76.7 Å². The van der Waals surface area contributed by atoms with Crippen molar-refractivity contribution in [2.75, 3.05) is 10.6 Å². The van der Waals surface area contributed by atoms with E-state index in [-0.39, 0.29) is 23.5 Å². The normalized spacial score (nSPS) is 11.5. The molecule has 10 nitrogen and oxygen atoms in total. The fourth-order valence-corrected chi connectivity index (χ4v) is 6.98. The number of rotatable bonds is 10. The van der Waals surface area contributed by atoms with Crippen molar-refractivity contribution in [3.05, 3.63) is 186 Å². The molecule has 0 bridgehead atoms. The summed E-state index contributed by atoms with van der Waals surface area (Å²) in [4.78, 5) is 27.1. The molecule has 0 fully saturated rings. The maximum atomic E-state index is 13.6. The van der Waals surface area contributed by atoms with Gasteiger partial charge in [0.15, 0.2) is 5.82 Å². The summed E-state index contributed by atoms with van der Waals surface area (Å²) in [5, 5.41) is 23.7. The minimum absolute atomic E-state index is 0.0112. The van der Waals surface area contributed by atoms with Crippen LogP contribution in [0.1, 0.15) is 53.4 Å². The van der Waals surface area contributed by atoms with Gasteiger partial charge in [0.1, 0.15) is 11.1 Å². The standard InChI is InChI=1S/C45H40N6O4/c1-44(2,3)55-43(54)50(40-38(42(52)53)24-15-25-39(40)46)30-31-26-28-32(29-27-31)36-22-13-14-23-37(36)41-47-48-49-51(41)45(33-16-7-4-8-17-33,34-18-9-5-10-19-34)35-20-11-6-12-21-35/h4-29H,30,46H2,1-3H3,(H,52,53). The molecule has 7 rings (SSSR count). The number of nitrogen functional groups attached to an aromatic ring is 1. The number of hydrogen-bond acceptors (Lipinski definition) is 7. The van der Waals surface area contributed by atoms with Crippen LogP contribution in [0.5, 0.6) is 0 Å². The van der Waals surface area contributed by atoms with Gasteiger partial charge in [-0.25, -0.2) is 14.3 Å². The smallest absolute Gasteiger partial charge is 0.415 e. The lowest BCUT2D eigenvalue weighted by molar-refractivity contribution is 0.0577. The summed E-state index contributed by atoms with van der Waals surface area (Å²) in [6.45, 7) is 5.27. The van der Waals surface area contributed by atoms with Crippen LogP contribution in [-0.2, 0) is 16.8 Å². The van der Waals surface area contributed by atoms with Crippen molar-refractivity contribution in [1.29, 1.82) is 0 Å². The minimum Gasteiger partial charge on any atom is -0.478 e. The number of carboxylic acid groups (broad SMARTS) is 1. The number of amides is 1. The van der Waals surface area contributed by atoms with Crippen molar-refractivity contribution in [3.63, 3.8) is 0 Å². The third kappa shape index (κ3) is 7.17. The highest BCUT2D eigenvalue weighted by Gasteiger charge is 2.42. The lowest BCUT2D eigenvalue weighted by Gasteiger charge is -2.36. The number of tetrazole rings is 1. The minimum atomic E-state index is -1.21. The van der Waals surface area contributed by atoms with E-state index in [1.54, 1.807) is 32.9 Å². The molecule has 274 valence electrons. The predicted molar refractivity (Wildman–Crippen MR) is 214 cm³/mol. The van der Waals surface area contributed by atoms with Crippen LogP contribution in [0.25, 0.3) is 22.5 Å². The number of anilines is 2. The van der Waals surface area contributed by atoms with Crippen molar-refractivity contribution >= 4 is 23.4 Å². The Kier molecular flexibility index (Phi) is 9.97. The van der Waals surface area contributed by atoms with E-state index in [2.05, 4.69) is 46.7 Å². The molecular weight excluding hydrogens is 689 g/mol. The Morgan fingerprint density at radius 3 is 1.75 bits per heavy atom. The SMILES string of the molecule is CC(C)(C)OC(=O)N(Cc1ccc(-c2ccccc2-c2nnnn2C(c2ccccc2)(c2ccccc2)c2ccccc2)cc1)c1c(N)cccc1C(=O)O. The molecule has 0 unspecified atom stereocenters. The zero-order chi connectivity index (χ0) is 38.6. The topological polar surface area (TPSA) is 136 Å². The summed E-state index contributed by atoms with van der Waals surface area (Å²) < 4.78 is 7.62. The Balaban J connectivity index is 1.32. The molecule has 7 aromatic rings. The number of carbonyl (C=O) groups is 2. The molecule has 0 saturated heterocycles. The number of nitrogens with zero attached hydrogens (tertiary/aromatic N) is 5. The Morgan fingerprint density at radius 1 is 0.691 bits per heavy atom. The van der Waals surface area contributed by atoms with Crippen molar-refractivity contribution in [2.24, 2.45) is 0 Å². The highest BCUT2D eigenvalue weighted by atomic mass is 16.6. The molecule has 6 aromatic carbocycles. The van der Waals surface area contributed by atoms with E-state index < -0.39 is 23.2 Å². The molecule has 0 saturated carbocycles. The number of aromatic carboxylic acids is 1. The number of hydrogen-bond donors (Lipinski definition) is 2. The second kappa shape index (κ2) is 15.1. The van der Waals surface area contributed by atoms with E-state index in [1.165, 1.54) is 11.0 Å². The van der Waals surface area contributed by atoms with Crippen LogP contribution in [0.2, 0.25) is 0 Å². The molecule has 1 amide bonds. The van der Waals surface area contributed by atoms with Gasteiger partial charge in [0.25, 0.3) is 0 Å². The quantitative estimate of drug-likeness (QED) is 0.105. The summed E-state index contributed by atoms with van der Waals surface area (Å²) in [6, 6.07) is 50.9. The average Bonchev–Trinajstić information content (AvgIpc) is 3.68. The van der Waals surface area contributed by atoms with E-state index in [4.69, 9.17) is 15.7 Å². The summed E-state index contributed by atoms with van der Waals surface area (Å²) >= 11 is 0. The number of benzene rings is 6. The predicted octanol–water partition coefficient (Wildman–Crippen LogP) is 9.07. The molecule has 0 aliphatic rings. The first-order valence-electron chi connectivity index (χ1n) is 17.8. The second-order valence-corrected chi connectivity index (χ2v) is 14.1. The molecule has 0 radical (unpaired) electrons. The van der Waals surface area contributed by atoms with Crippen molar-refractivity contribution < 1.29 is 19.4 Å². The molecule has 0 aliphatic heterocycles. The molecule has 55 heavy (non-hydrogen) atoms. The van der Waals surface area contributed by atoms with E-state index in [0.29, 0.717) is 5.82 Å². The number of aromatic nitrogens is 4. The molecule has 3 N–H and O–H groups in total. The Bertz CT molecular complexity index is 2330. The first-order chi connectivity index (χ1) is 26.6. The zero-order valence-corrected chi connectivity index (χ0v) is 30.7. The van der Waals surface area contributed by atoms with Crippen LogP contribution in [-0.4, -0.2) is 43.0 Å². The summed E-state index contributed by atoms with van der Waals surface area (Å²) in [5.41, 5.74) is 10.9. The number of para-hydroxylation sites is 1. The molecule has 1 aromatic heterocycles. The summed E-state index contributed by atoms with van der Waals surface area (Å²) in [5.74, 6) is -0.644. The van der Waals surface area contributed by atoms with Gasteiger partial charge in [-0.3, -0.25) is 4.90 Å². The molecular formula is C45H40N6O4. The number of ether oxygens (including phenoxy) is 1. The fourth-order valence-electron chi connectivity index (χ4n) is 6.98. The second-order valence-electron chi connectivity index (χ2n) is 14.1. The Labute approximate surface area is 319 Å². The van der Waals surface area contributed by atoms with Crippen LogP contribution in [0, 0.1) is 0 Å². The number of carboxylic acids is 1. The fraction of sp³-hybridized carbons (Fsp3) is 0.133. The maximum Gasteiger partial charge on any atom is 0.415 e. The van der Waals surface area contributed by atoms with E-state index in [9.17, 15) is 14.7 Å². The van der Waals surface area contributed by atoms with Gasteiger partial charge in [-0.2, -0.15) is 0 Å². The number of carbonyl (C=O) groups excluding carboxylic acids is 1. The van der Waals surface area contributed by atoms with E-state index >= 15 is 0 Å². The maximum absolute atomic E-state index is 13.6. The lowest BCUT2D eigenvalue weighted by atomic mass is 9.77. The Morgan fingerprint density at radius 2 is 1.22 bits per heavy atom. The highest BCUT2D eigenvalue weighted by Crippen LogP contribution is 2.43.